The third kappa shape index (κ3) is 3.81. The van der Waals surface area contributed by atoms with Crippen LogP contribution in [0.3, 0.4) is 0 Å². The van der Waals surface area contributed by atoms with E-state index < -0.39 is 0 Å². The predicted molar refractivity (Wildman–Crippen MR) is 88.1 cm³/mol. The average Bonchev–Trinajstić information content (AvgIpc) is 2.90. The molecule has 1 saturated heterocycles. The first-order valence-corrected chi connectivity index (χ1v) is 8.13. The van der Waals surface area contributed by atoms with Crippen molar-refractivity contribution >= 4 is 23.2 Å². The van der Waals surface area contributed by atoms with Gasteiger partial charge in [-0.25, -0.2) is 4.39 Å². The third-order valence-corrected chi connectivity index (χ3v) is 4.94. The lowest BCUT2D eigenvalue weighted by atomic mass is 9.85. The molecule has 2 aromatic carbocycles. The van der Waals surface area contributed by atoms with Crippen LogP contribution in [-0.4, -0.2) is 13.2 Å². The van der Waals surface area contributed by atoms with Crippen LogP contribution in [-0.2, 0) is 17.6 Å². The molecule has 0 saturated carbocycles. The minimum absolute atomic E-state index is 0.183. The van der Waals surface area contributed by atoms with E-state index >= 15 is 0 Å². The van der Waals surface area contributed by atoms with Gasteiger partial charge in [-0.1, -0.05) is 41.4 Å². The quantitative estimate of drug-likeness (QED) is 0.746. The molecule has 1 nitrogen and oxygen atoms in total. The highest BCUT2D eigenvalue weighted by molar-refractivity contribution is 6.42. The van der Waals surface area contributed by atoms with Gasteiger partial charge in [0.1, 0.15) is 5.82 Å². The lowest BCUT2D eigenvalue weighted by Gasteiger charge is -2.18. The fourth-order valence-electron chi connectivity index (χ4n) is 3.03. The zero-order valence-electron chi connectivity index (χ0n) is 12.1. The van der Waals surface area contributed by atoms with Crippen LogP contribution in [0.15, 0.2) is 42.5 Å². The summed E-state index contributed by atoms with van der Waals surface area (Å²) < 4.78 is 19.0. The Bertz CT molecular complexity index is 659. The lowest BCUT2D eigenvalue weighted by Crippen LogP contribution is -2.17. The van der Waals surface area contributed by atoms with E-state index in [0.717, 1.165) is 37.2 Å². The number of benzene rings is 2. The van der Waals surface area contributed by atoms with Gasteiger partial charge in [0.25, 0.3) is 0 Å². The van der Waals surface area contributed by atoms with Crippen LogP contribution >= 0.6 is 23.2 Å². The molecule has 0 aliphatic carbocycles. The maximum Gasteiger partial charge on any atom is 0.123 e. The van der Waals surface area contributed by atoms with E-state index in [-0.39, 0.29) is 5.82 Å². The van der Waals surface area contributed by atoms with Gasteiger partial charge < -0.3 is 4.74 Å². The van der Waals surface area contributed by atoms with E-state index in [1.54, 1.807) is 12.1 Å². The molecule has 1 fully saturated rings. The van der Waals surface area contributed by atoms with Crippen molar-refractivity contribution in [1.82, 2.24) is 0 Å². The highest BCUT2D eigenvalue weighted by Gasteiger charge is 2.28. The van der Waals surface area contributed by atoms with Crippen molar-refractivity contribution in [3.05, 3.63) is 69.5 Å². The Morgan fingerprint density at radius 2 is 1.59 bits per heavy atom. The summed E-state index contributed by atoms with van der Waals surface area (Å²) in [5.74, 6) is 0.634. The topological polar surface area (TPSA) is 9.23 Å². The highest BCUT2D eigenvalue weighted by atomic mass is 35.5. The standard InChI is InChI=1S/C18H17Cl2FO/c19-17-5-4-13(9-18(17)20)7-15-11-22-10-14(15)6-12-2-1-3-16(21)8-12/h1-5,8-9,14-15H,6-7,10-11H2/t14-,15-/m0/s1. The molecule has 1 aliphatic rings. The molecule has 0 amide bonds. The van der Waals surface area contributed by atoms with Gasteiger partial charge >= 0.3 is 0 Å². The molecule has 1 heterocycles. The number of rotatable bonds is 4. The molecule has 0 spiro atoms. The van der Waals surface area contributed by atoms with Crippen molar-refractivity contribution in [1.29, 1.82) is 0 Å². The van der Waals surface area contributed by atoms with Crippen LogP contribution in [0.4, 0.5) is 4.39 Å². The van der Waals surface area contributed by atoms with Gasteiger partial charge in [0.15, 0.2) is 0 Å². The van der Waals surface area contributed by atoms with Crippen molar-refractivity contribution in [2.45, 2.75) is 12.8 Å². The second-order valence-corrected chi connectivity index (χ2v) is 6.66. The molecule has 3 rings (SSSR count). The normalized spacial score (nSPS) is 21.2. The summed E-state index contributed by atoms with van der Waals surface area (Å²) in [7, 11) is 0. The number of hydrogen-bond donors (Lipinski definition) is 0. The van der Waals surface area contributed by atoms with Gasteiger partial charge in [-0.15, -0.1) is 0 Å². The van der Waals surface area contributed by atoms with Crippen LogP contribution in [0.2, 0.25) is 10.0 Å². The maximum absolute atomic E-state index is 13.3. The fourth-order valence-corrected chi connectivity index (χ4v) is 3.35. The Hall–Kier alpha value is -1.09. The largest absolute Gasteiger partial charge is 0.381 e. The van der Waals surface area contributed by atoms with Gasteiger partial charge in [-0.2, -0.15) is 0 Å². The molecule has 0 bridgehead atoms. The Morgan fingerprint density at radius 3 is 2.23 bits per heavy atom. The Labute approximate surface area is 140 Å². The van der Waals surface area contributed by atoms with Crippen molar-refractivity contribution in [2.75, 3.05) is 13.2 Å². The first kappa shape index (κ1) is 15.8. The first-order chi connectivity index (χ1) is 10.6. The van der Waals surface area contributed by atoms with Crippen molar-refractivity contribution in [2.24, 2.45) is 11.8 Å². The van der Waals surface area contributed by atoms with E-state index in [4.69, 9.17) is 27.9 Å². The molecule has 1 aliphatic heterocycles. The summed E-state index contributed by atoms with van der Waals surface area (Å²) in [6, 6.07) is 12.6. The highest BCUT2D eigenvalue weighted by Crippen LogP contribution is 2.30. The number of halogens is 3. The lowest BCUT2D eigenvalue weighted by molar-refractivity contribution is 0.180. The maximum atomic E-state index is 13.3. The summed E-state index contributed by atoms with van der Waals surface area (Å²) in [6.45, 7) is 1.46. The Balaban J connectivity index is 1.69. The smallest absolute Gasteiger partial charge is 0.123 e. The van der Waals surface area contributed by atoms with Crippen LogP contribution in [0.25, 0.3) is 0 Å². The SMILES string of the molecule is Fc1cccc(C[C@H]2COC[C@@H]2Cc2ccc(Cl)c(Cl)c2)c1. The summed E-state index contributed by atoms with van der Waals surface area (Å²) in [4.78, 5) is 0. The molecule has 0 N–H and O–H groups in total. The Kier molecular flexibility index (Phi) is 5.02. The van der Waals surface area contributed by atoms with Crippen molar-refractivity contribution < 1.29 is 9.13 Å². The molecule has 0 unspecified atom stereocenters. The summed E-state index contributed by atoms with van der Waals surface area (Å²) in [6.07, 6.45) is 1.74. The second kappa shape index (κ2) is 6.99. The second-order valence-electron chi connectivity index (χ2n) is 5.84. The van der Waals surface area contributed by atoms with E-state index in [1.165, 1.54) is 6.07 Å². The van der Waals surface area contributed by atoms with E-state index in [1.807, 2.05) is 24.3 Å². The first-order valence-electron chi connectivity index (χ1n) is 7.38. The number of hydrogen-bond acceptors (Lipinski definition) is 1. The zero-order valence-corrected chi connectivity index (χ0v) is 13.6. The molecule has 0 radical (unpaired) electrons. The average molecular weight is 339 g/mol. The summed E-state index contributed by atoms with van der Waals surface area (Å²) in [5, 5.41) is 1.16. The van der Waals surface area contributed by atoms with Crippen LogP contribution in [0.5, 0.6) is 0 Å². The van der Waals surface area contributed by atoms with Crippen molar-refractivity contribution in [3.8, 4) is 0 Å². The van der Waals surface area contributed by atoms with Gasteiger partial charge in [-0.3, -0.25) is 0 Å². The van der Waals surface area contributed by atoms with Crippen LogP contribution < -0.4 is 0 Å². The van der Waals surface area contributed by atoms with Crippen LogP contribution in [0, 0.1) is 17.7 Å². The molecule has 2 atom stereocenters. The fraction of sp³-hybridized carbons (Fsp3) is 0.333. The van der Waals surface area contributed by atoms with E-state index in [2.05, 4.69) is 0 Å². The van der Waals surface area contributed by atoms with Gasteiger partial charge in [0, 0.05) is 0 Å². The Morgan fingerprint density at radius 1 is 0.909 bits per heavy atom. The monoisotopic (exact) mass is 338 g/mol. The van der Waals surface area contributed by atoms with Gasteiger partial charge in [0.2, 0.25) is 0 Å². The van der Waals surface area contributed by atoms with E-state index in [9.17, 15) is 4.39 Å². The molecule has 0 aromatic heterocycles. The summed E-state index contributed by atoms with van der Waals surface area (Å²) in [5.41, 5.74) is 2.18. The molecule has 116 valence electrons. The molecular formula is C18H17Cl2FO. The van der Waals surface area contributed by atoms with Crippen LogP contribution in [0.1, 0.15) is 11.1 Å². The van der Waals surface area contributed by atoms with Gasteiger partial charge in [-0.05, 0) is 60.1 Å². The van der Waals surface area contributed by atoms with E-state index in [0.29, 0.717) is 21.9 Å². The van der Waals surface area contributed by atoms with Gasteiger partial charge in [0.05, 0.1) is 23.3 Å². The molecule has 22 heavy (non-hydrogen) atoms. The zero-order chi connectivity index (χ0) is 15.5. The predicted octanol–water partition coefficient (Wildman–Crippen LogP) is 5.18. The number of ether oxygens (including phenoxy) is 1. The minimum Gasteiger partial charge on any atom is -0.381 e. The molecule has 4 heteroatoms. The summed E-state index contributed by atoms with van der Waals surface area (Å²) >= 11 is 12.0. The molecular weight excluding hydrogens is 322 g/mol. The molecule has 2 aromatic rings. The minimum atomic E-state index is -0.183. The van der Waals surface area contributed by atoms with Crippen molar-refractivity contribution in [3.63, 3.8) is 0 Å². The third-order valence-electron chi connectivity index (χ3n) is 4.20.